The molecule has 0 amide bonds. The molecule has 0 aliphatic heterocycles. The van der Waals surface area contributed by atoms with Crippen LogP contribution in [0.25, 0.3) is 11.3 Å². The third kappa shape index (κ3) is 2.50. The lowest BCUT2D eigenvalue weighted by Crippen LogP contribution is -2.14. The number of H-pyrrole nitrogens is 1. The monoisotopic (exact) mass is 307 g/mol. The van der Waals surface area contributed by atoms with Gasteiger partial charge >= 0.3 is 0 Å². The van der Waals surface area contributed by atoms with Crippen LogP contribution < -0.4 is 10.3 Å². The van der Waals surface area contributed by atoms with Gasteiger partial charge in [-0.1, -0.05) is 35.5 Å². The maximum atomic E-state index is 11.9. The Balaban J connectivity index is 2.79. The van der Waals surface area contributed by atoms with E-state index in [0.717, 1.165) is 0 Å². The van der Waals surface area contributed by atoms with Crippen LogP contribution in [0.4, 0.5) is 0 Å². The lowest BCUT2D eigenvalue weighted by atomic mass is 10.1. The minimum Gasteiger partial charge on any atom is -0.495 e. The van der Waals surface area contributed by atoms with Gasteiger partial charge in [-0.15, -0.1) is 0 Å². The van der Waals surface area contributed by atoms with Crippen molar-refractivity contribution in [2.45, 2.75) is 5.16 Å². The van der Waals surface area contributed by atoms with Crippen LogP contribution >= 0.6 is 23.4 Å². The first-order valence-electron chi connectivity index (χ1n) is 5.53. The smallest absolute Gasteiger partial charge is 0.270 e. The average Bonchev–Trinajstić information content (AvgIpc) is 2.46. The SMILES string of the molecule is COc1cccc(-c2nc(SC)[nH]c(=O)c2C#N)c1Cl. The highest BCUT2D eigenvalue weighted by Gasteiger charge is 2.17. The molecule has 20 heavy (non-hydrogen) atoms. The third-order valence-electron chi connectivity index (χ3n) is 2.64. The molecule has 0 unspecified atom stereocenters. The largest absolute Gasteiger partial charge is 0.495 e. The van der Waals surface area contributed by atoms with E-state index in [9.17, 15) is 4.79 Å². The van der Waals surface area contributed by atoms with Crippen molar-refractivity contribution in [3.8, 4) is 23.1 Å². The summed E-state index contributed by atoms with van der Waals surface area (Å²) < 4.78 is 5.13. The third-order valence-corrected chi connectivity index (χ3v) is 3.61. The lowest BCUT2D eigenvalue weighted by Gasteiger charge is -2.09. The molecule has 1 heterocycles. The molecule has 0 bridgehead atoms. The van der Waals surface area contributed by atoms with Crippen molar-refractivity contribution in [1.29, 1.82) is 5.26 Å². The molecule has 0 saturated heterocycles. The van der Waals surface area contributed by atoms with Crippen LogP contribution in [0.15, 0.2) is 28.2 Å². The Morgan fingerprint density at radius 3 is 2.85 bits per heavy atom. The van der Waals surface area contributed by atoms with E-state index in [0.29, 0.717) is 21.5 Å². The number of benzene rings is 1. The predicted molar refractivity (Wildman–Crippen MR) is 78.4 cm³/mol. The van der Waals surface area contributed by atoms with E-state index < -0.39 is 5.56 Å². The zero-order valence-electron chi connectivity index (χ0n) is 10.7. The number of halogens is 1. The normalized spacial score (nSPS) is 10.1. The minimum atomic E-state index is -0.485. The number of hydrogen-bond acceptors (Lipinski definition) is 5. The molecule has 0 spiro atoms. The highest BCUT2D eigenvalue weighted by molar-refractivity contribution is 7.98. The summed E-state index contributed by atoms with van der Waals surface area (Å²) in [4.78, 5) is 18.7. The molecule has 1 N–H and O–H groups in total. The van der Waals surface area contributed by atoms with Crippen molar-refractivity contribution in [2.75, 3.05) is 13.4 Å². The van der Waals surface area contributed by atoms with Gasteiger partial charge in [0.05, 0.1) is 17.8 Å². The second-order valence-electron chi connectivity index (χ2n) is 3.73. The van der Waals surface area contributed by atoms with Gasteiger partial charge < -0.3 is 9.72 Å². The number of thioether (sulfide) groups is 1. The van der Waals surface area contributed by atoms with Crippen LogP contribution in [0.5, 0.6) is 5.75 Å². The second-order valence-corrected chi connectivity index (χ2v) is 4.91. The first kappa shape index (κ1) is 14.4. The maximum Gasteiger partial charge on any atom is 0.270 e. The molecule has 0 fully saturated rings. The molecule has 1 aromatic heterocycles. The van der Waals surface area contributed by atoms with Gasteiger partial charge in [-0.3, -0.25) is 4.79 Å². The number of aromatic nitrogens is 2. The van der Waals surface area contributed by atoms with E-state index in [2.05, 4.69) is 9.97 Å². The van der Waals surface area contributed by atoms with Gasteiger partial charge in [0.1, 0.15) is 17.4 Å². The van der Waals surface area contributed by atoms with Gasteiger partial charge in [0.2, 0.25) is 0 Å². The fourth-order valence-electron chi connectivity index (χ4n) is 1.70. The van der Waals surface area contributed by atoms with E-state index in [4.69, 9.17) is 21.6 Å². The highest BCUT2D eigenvalue weighted by atomic mass is 35.5. The number of rotatable bonds is 3. The number of nitrogens with one attached hydrogen (secondary N) is 1. The van der Waals surface area contributed by atoms with Crippen molar-refractivity contribution < 1.29 is 4.74 Å². The van der Waals surface area contributed by atoms with Gasteiger partial charge in [-0.05, 0) is 12.3 Å². The van der Waals surface area contributed by atoms with Crippen molar-refractivity contribution in [3.63, 3.8) is 0 Å². The molecule has 5 nitrogen and oxygen atoms in total. The Hall–Kier alpha value is -1.97. The number of aromatic amines is 1. The van der Waals surface area contributed by atoms with Crippen LogP contribution in [-0.4, -0.2) is 23.3 Å². The quantitative estimate of drug-likeness (QED) is 0.696. The molecule has 0 saturated carbocycles. The summed E-state index contributed by atoms with van der Waals surface area (Å²) in [6.45, 7) is 0. The van der Waals surface area contributed by atoms with Gasteiger partial charge in [0.25, 0.3) is 5.56 Å². The molecule has 0 atom stereocenters. The van der Waals surface area contributed by atoms with E-state index in [-0.39, 0.29) is 11.3 Å². The Morgan fingerprint density at radius 1 is 1.50 bits per heavy atom. The molecule has 2 aromatic rings. The molecule has 7 heteroatoms. The number of nitriles is 1. The summed E-state index contributed by atoms with van der Waals surface area (Å²) in [5.74, 6) is 0.459. The van der Waals surface area contributed by atoms with Crippen LogP contribution in [0.3, 0.4) is 0 Å². The molecule has 102 valence electrons. The number of methoxy groups -OCH3 is 1. The van der Waals surface area contributed by atoms with Crippen LogP contribution in [0.2, 0.25) is 5.02 Å². The first-order chi connectivity index (χ1) is 9.62. The summed E-state index contributed by atoms with van der Waals surface area (Å²) in [6.07, 6.45) is 1.78. The lowest BCUT2D eigenvalue weighted by molar-refractivity contribution is 0.415. The molecule has 1 aromatic carbocycles. The van der Waals surface area contributed by atoms with Crippen LogP contribution in [0, 0.1) is 11.3 Å². The minimum absolute atomic E-state index is 0.0713. The highest BCUT2D eigenvalue weighted by Crippen LogP contribution is 2.35. The molecular formula is C13H10ClN3O2S. The Labute approximate surface area is 124 Å². The van der Waals surface area contributed by atoms with Gasteiger partial charge in [0, 0.05) is 5.56 Å². The molecule has 0 aliphatic carbocycles. The molecule has 0 radical (unpaired) electrons. The fraction of sp³-hybridized carbons (Fsp3) is 0.154. The Kier molecular flexibility index (Phi) is 4.32. The van der Waals surface area contributed by atoms with E-state index in [1.54, 1.807) is 24.5 Å². The predicted octanol–water partition coefficient (Wildman–Crippen LogP) is 2.69. The topological polar surface area (TPSA) is 78.8 Å². The fourth-order valence-corrected chi connectivity index (χ4v) is 2.37. The summed E-state index contributed by atoms with van der Waals surface area (Å²) in [5.41, 5.74) is 0.187. The summed E-state index contributed by atoms with van der Waals surface area (Å²) in [5, 5.41) is 9.89. The standard InChI is InChI=1S/C13H10ClN3O2S/c1-19-9-5-3-4-7(10(9)14)11-8(6-15)12(18)17-13(16-11)20-2/h3-5H,1-2H3,(H,16,17,18). The first-order valence-corrected chi connectivity index (χ1v) is 7.14. The summed E-state index contributed by atoms with van der Waals surface area (Å²) >= 11 is 7.50. The van der Waals surface area contributed by atoms with Gasteiger partial charge in [0.15, 0.2) is 5.16 Å². The maximum absolute atomic E-state index is 11.9. The number of hydrogen-bond donors (Lipinski definition) is 1. The van der Waals surface area contributed by atoms with Crippen LogP contribution in [-0.2, 0) is 0 Å². The number of ether oxygens (including phenoxy) is 1. The average molecular weight is 308 g/mol. The van der Waals surface area contributed by atoms with Crippen molar-refractivity contribution in [2.24, 2.45) is 0 Å². The molecule has 0 aliphatic rings. The summed E-state index contributed by atoms with van der Waals surface area (Å²) in [6, 6.07) is 6.98. The van der Waals surface area contributed by atoms with Gasteiger partial charge in [-0.2, -0.15) is 5.26 Å². The Morgan fingerprint density at radius 2 is 2.25 bits per heavy atom. The molecular weight excluding hydrogens is 298 g/mol. The van der Waals surface area contributed by atoms with Crippen LogP contribution in [0.1, 0.15) is 5.56 Å². The van der Waals surface area contributed by atoms with Crippen molar-refractivity contribution in [1.82, 2.24) is 9.97 Å². The Bertz CT molecular complexity index is 752. The second kappa shape index (κ2) is 5.99. The van der Waals surface area contributed by atoms with Crippen molar-refractivity contribution >= 4 is 23.4 Å². The summed E-state index contributed by atoms with van der Waals surface area (Å²) in [7, 11) is 1.49. The van der Waals surface area contributed by atoms with Crippen molar-refractivity contribution in [3.05, 3.63) is 39.1 Å². The van der Waals surface area contributed by atoms with E-state index in [1.165, 1.54) is 18.9 Å². The van der Waals surface area contributed by atoms with E-state index >= 15 is 0 Å². The zero-order valence-corrected chi connectivity index (χ0v) is 12.3. The zero-order chi connectivity index (χ0) is 14.7. The molecule has 2 rings (SSSR count). The number of nitrogens with zero attached hydrogens (tertiary/aromatic N) is 2. The van der Waals surface area contributed by atoms with Gasteiger partial charge in [-0.25, -0.2) is 4.98 Å². The van der Waals surface area contributed by atoms with E-state index in [1.807, 2.05) is 6.07 Å².